The normalized spacial score (nSPS) is 13.3. The van der Waals surface area contributed by atoms with Crippen molar-refractivity contribution in [3.63, 3.8) is 0 Å². The van der Waals surface area contributed by atoms with E-state index in [1.54, 1.807) is 12.1 Å². The third-order valence-corrected chi connectivity index (χ3v) is 3.52. The van der Waals surface area contributed by atoms with Crippen molar-refractivity contribution < 1.29 is 23.0 Å². The molecule has 0 unspecified atom stereocenters. The molecule has 23 heavy (non-hydrogen) atoms. The molecule has 1 heterocycles. The van der Waals surface area contributed by atoms with Crippen LogP contribution in [0.25, 0.3) is 6.08 Å². The van der Waals surface area contributed by atoms with Crippen LogP contribution >= 0.6 is 11.6 Å². The molecule has 0 atom stereocenters. The van der Waals surface area contributed by atoms with Crippen LogP contribution in [0.2, 0.25) is 5.02 Å². The van der Waals surface area contributed by atoms with Crippen molar-refractivity contribution in [2.45, 2.75) is 0 Å². The van der Waals surface area contributed by atoms with Crippen LogP contribution in [0.15, 0.2) is 36.4 Å². The highest BCUT2D eigenvalue weighted by molar-refractivity contribution is 6.32. The molecule has 6 heteroatoms. The van der Waals surface area contributed by atoms with E-state index in [2.05, 4.69) is 0 Å². The first-order chi connectivity index (χ1) is 11.0. The lowest BCUT2D eigenvalue weighted by atomic mass is 10.1. The van der Waals surface area contributed by atoms with Gasteiger partial charge < -0.3 is 9.47 Å². The lowest BCUT2D eigenvalue weighted by molar-refractivity contribution is 0.104. The smallest absolute Gasteiger partial charge is 0.188 e. The molecule has 3 rings (SSSR count). The highest BCUT2D eigenvalue weighted by Gasteiger charge is 2.16. The highest BCUT2D eigenvalue weighted by Crippen LogP contribution is 2.38. The van der Waals surface area contributed by atoms with Gasteiger partial charge in [0.1, 0.15) is 24.8 Å². The molecule has 0 radical (unpaired) electrons. The van der Waals surface area contributed by atoms with Gasteiger partial charge in [-0.1, -0.05) is 17.7 Å². The van der Waals surface area contributed by atoms with Gasteiger partial charge in [-0.15, -0.1) is 0 Å². The number of ether oxygens (including phenoxy) is 2. The van der Waals surface area contributed by atoms with E-state index in [0.29, 0.717) is 41.4 Å². The molecule has 1 aliphatic rings. The molecule has 0 fully saturated rings. The van der Waals surface area contributed by atoms with Gasteiger partial charge in [-0.2, -0.15) is 0 Å². The van der Waals surface area contributed by atoms with Gasteiger partial charge in [-0.25, -0.2) is 8.78 Å². The fourth-order valence-electron chi connectivity index (χ4n) is 2.18. The molecule has 1 aliphatic heterocycles. The van der Waals surface area contributed by atoms with Crippen LogP contribution in [-0.2, 0) is 0 Å². The number of rotatable bonds is 3. The van der Waals surface area contributed by atoms with Crippen molar-refractivity contribution in [3.05, 3.63) is 64.2 Å². The van der Waals surface area contributed by atoms with E-state index in [1.807, 2.05) is 0 Å². The molecule has 3 nitrogen and oxygen atoms in total. The summed E-state index contributed by atoms with van der Waals surface area (Å²) in [6.45, 7) is 0.834. The maximum atomic E-state index is 13.6. The third-order valence-electron chi connectivity index (χ3n) is 3.24. The Morgan fingerprint density at radius 3 is 2.70 bits per heavy atom. The zero-order valence-electron chi connectivity index (χ0n) is 11.8. The molecular weight excluding hydrogens is 326 g/mol. The quantitative estimate of drug-likeness (QED) is 0.619. The van der Waals surface area contributed by atoms with Gasteiger partial charge in [-0.3, -0.25) is 4.79 Å². The SMILES string of the molecule is O=C(/C=C/c1cc(Cl)c2c(c1)OCCO2)c1ccc(F)cc1F. The standard InChI is InChI=1S/C17H11ClF2O3/c18-13-7-10(8-16-17(13)23-6-5-22-16)1-4-15(21)12-3-2-11(19)9-14(12)20/h1-4,7-9H,5-6H2/b4-1+. The van der Waals surface area contributed by atoms with Gasteiger partial charge in [-0.05, 0) is 35.9 Å². The van der Waals surface area contributed by atoms with E-state index < -0.39 is 17.4 Å². The Morgan fingerprint density at radius 1 is 1.13 bits per heavy atom. The summed E-state index contributed by atoms with van der Waals surface area (Å²) >= 11 is 6.10. The van der Waals surface area contributed by atoms with Gasteiger partial charge in [0.15, 0.2) is 17.3 Å². The van der Waals surface area contributed by atoms with E-state index in [1.165, 1.54) is 12.2 Å². The molecular formula is C17H11ClF2O3. The number of allylic oxidation sites excluding steroid dienone is 1. The Kier molecular flexibility index (Phi) is 4.30. The zero-order chi connectivity index (χ0) is 16.4. The summed E-state index contributed by atoms with van der Waals surface area (Å²) in [4.78, 5) is 12.0. The van der Waals surface area contributed by atoms with Crippen molar-refractivity contribution in [2.24, 2.45) is 0 Å². The number of benzene rings is 2. The summed E-state index contributed by atoms with van der Waals surface area (Å²) in [6.07, 6.45) is 2.67. The minimum atomic E-state index is -0.903. The zero-order valence-corrected chi connectivity index (χ0v) is 12.6. The number of halogens is 3. The molecule has 0 spiro atoms. The van der Waals surface area contributed by atoms with Crippen molar-refractivity contribution in [1.82, 2.24) is 0 Å². The number of ketones is 1. The van der Waals surface area contributed by atoms with Crippen molar-refractivity contribution in [1.29, 1.82) is 0 Å². The first-order valence-corrected chi connectivity index (χ1v) is 7.19. The second kappa shape index (κ2) is 6.38. The van der Waals surface area contributed by atoms with Crippen molar-refractivity contribution in [3.8, 4) is 11.5 Å². The Labute approximate surface area is 136 Å². The van der Waals surface area contributed by atoms with Crippen molar-refractivity contribution in [2.75, 3.05) is 13.2 Å². The van der Waals surface area contributed by atoms with Gasteiger partial charge in [0.25, 0.3) is 0 Å². The fraction of sp³-hybridized carbons (Fsp3) is 0.118. The minimum Gasteiger partial charge on any atom is -0.486 e. The Hall–Kier alpha value is -2.40. The molecule has 2 aromatic rings. The Bertz CT molecular complexity index is 803. The van der Waals surface area contributed by atoms with Gasteiger partial charge in [0, 0.05) is 6.07 Å². The number of hydrogen-bond acceptors (Lipinski definition) is 3. The maximum Gasteiger partial charge on any atom is 0.188 e. The number of carbonyl (C=O) groups excluding carboxylic acids is 1. The summed E-state index contributed by atoms with van der Waals surface area (Å²) in [6, 6.07) is 6.09. The molecule has 0 amide bonds. The Balaban J connectivity index is 1.85. The second-order valence-corrected chi connectivity index (χ2v) is 5.26. The van der Waals surface area contributed by atoms with Gasteiger partial charge in [0.2, 0.25) is 0 Å². The lowest BCUT2D eigenvalue weighted by Gasteiger charge is -2.19. The van der Waals surface area contributed by atoms with E-state index in [9.17, 15) is 13.6 Å². The average molecular weight is 337 g/mol. The lowest BCUT2D eigenvalue weighted by Crippen LogP contribution is -2.15. The van der Waals surface area contributed by atoms with Crippen LogP contribution in [0.4, 0.5) is 8.78 Å². The highest BCUT2D eigenvalue weighted by atomic mass is 35.5. The first-order valence-electron chi connectivity index (χ1n) is 6.81. The summed E-state index contributed by atoms with van der Waals surface area (Å²) in [5.74, 6) is -1.26. The van der Waals surface area contributed by atoms with E-state index in [0.717, 1.165) is 12.1 Å². The van der Waals surface area contributed by atoms with E-state index >= 15 is 0 Å². The van der Waals surface area contributed by atoms with Crippen LogP contribution in [-0.4, -0.2) is 19.0 Å². The molecule has 0 N–H and O–H groups in total. The predicted octanol–water partition coefficient (Wildman–Crippen LogP) is 4.29. The van der Waals surface area contributed by atoms with Gasteiger partial charge in [0.05, 0.1) is 10.6 Å². The van der Waals surface area contributed by atoms with Crippen LogP contribution < -0.4 is 9.47 Å². The van der Waals surface area contributed by atoms with Crippen molar-refractivity contribution >= 4 is 23.5 Å². The molecule has 0 aliphatic carbocycles. The first kappa shape index (κ1) is 15.5. The molecule has 0 saturated heterocycles. The molecule has 2 aromatic carbocycles. The van der Waals surface area contributed by atoms with Crippen LogP contribution in [0.5, 0.6) is 11.5 Å². The number of hydrogen-bond donors (Lipinski definition) is 0. The van der Waals surface area contributed by atoms with Crippen LogP contribution in [0.1, 0.15) is 15.9 Å². The minimum absolute atomic E-state index is 0.203. The maximum absolute atomic E-state index is 13.6. The average Bonchev–Trinajstić information content (AvgIpc) is 2.53. The molecule has 118 valence electrons. The second-order valence-electron chi connectivity index (χ2n) is 4.85. The van der Waals surface area contributed by atoms with Crippen LogP contribution in [0.3, 0.4) is 0 Å². The van der Waals surface area contributed by atoms with E-state index in [-0.39, 0.29) is 5.56 Å². The Morgan fingerprint density at radius 2 is 1.91 bits per heavy atom. The largest absolute Gasteiger partial charge is 0.486 e. The molecule has 0 saturated carbocycles. The third kappa shape index (κ3) is 3.35. The van der Waals surface area contributed by atoms with Gasteiger partial charge >= 0.3 is 0 Å². The molecule has 0 aromatic heterocycles. The monoisotopic (exact) mass is 336 g/mol. The van der Waals surface area contributed by atoms with E-state index in [4.69, 9.17) is 21.1 Å². The topological polar surface area (TPSA) is 35.5 Å². The van der Waals surface area contributed by atoms with Crippen LogP contribution in [0, 0.1) is 11.6 Å². The number of carbonyl (C=O) groups is 1. The summed E-state index contributed by atoms with van der Waals surface area (Å²) < 4.78 is 37.3. The summed E-state index contributed by atoms with van der Waals surface area (Å²) in [5, 5.41) is 0.363. The summed E-state index contributed by atoms with van der Waals surface area (Å²) in [7, 11) is 0. The number of fused-ring (bicyclic) bond motifs is 1. The fourth-order valence-corrected chi connectivity index (χ4v) is 2.45. The predicted molar refractivity (Wildman–Crippen MR) is 82.2 cm³/mol. The summed E-state index contributed by atoms with van der Waals surface area (Å²) in [5.41, 5.74) is 0.404. The molecule has 0 bridgehead atoms.